The zero-order valence-corrected chi connectivity index (χ0v) is 16.1. The number of pyridine rings is 1. The van der Waals surface area contributed by atoms with Crippen LogP contribution in [-0.2, 0) is 11.2 Å². The molecule has 0 fully saturated rings. The second kappa shape index (κ2) is 7.05. The van der Waals surface area contributed by atoms with Gasteiger partial charge in [-0.05, 0) is 50.1 Å². The summed E-state index contributed by atoms with van der Waals surface area (Å²) < 4.78 is 0. The number of benzene rings is 2. The van der Waals surface area contributed by atoms with Crippen molar-refractivity contribution in [1.29, 1.82) is 5.26 Å². The minimum atomic E-state index is 0.0483. The highest BCUT2D eigenvalue weighted by molar-refractivity contribution is 8.00. The maximum atomic E-state index is 12.9. The Balaban J connectivity index is 1.58. The number of thioether (sulfide) groups is 1. The minimum absolute atomic E-state index is 0.0483. The van der Waals surface area contributed by atoms with E-state index in [9.17, 15) is 10.1 Å². The molecule has 0 saturated carbocycles. The zero-order chi connectivity index (χ0) is 19.0. The Morgan fingerprint density at radius 2 is 2.11 bits per heavy atom. The van der Waals surface area contributed by atoms with E-state index in [1.807, 2.05) is 54.3 Å². The maximum absolute atomic E-state index is 12.9. The van der Waals surface area contributed by atoms with E-state index in [-0.39, 0.29) is 17.7 Å². The van der Waals surface area contributed by atoms with E-state index in [4.69, 9.17) is 0 Å². The molecule has 1 unspecified atom stereocenters. The molecule has 1 aliphatic heterocycles. The Morgan fingerprint density at radius 3 is 2.93 bits per heavy atom. The number of nitriles is 1. The van der Waals surface area contributed by atoms with Crippen LogP contribution in [0.3, 0.4) is 0 Å². The minimum Gasteiger partial charge on any atom is -0.308 e. The molecule has 4 rings (SSSR count). The molecule has 0 radical (unpaired) electrons. The van der Waals surface area contributed by atoms with E-state index >= 15 is 0 Å². The van der Waals surface area contributed by atoms with Crippen LogP contribution in [0.5, 0.6) is 0 Å². The first-order valence-electron chi connectivity index (χ1n) is 8.91. The summed E-state index contributed by atoms with van der Waals surface area (Å²) in [6.45, 7) is 4.09. The second-order valence-corrected chi connectivity index (χ2v) is 7.85. The van der Waals surface area contributed by atoms with Gasteiger partial charge >= 0.3 is 0 Å². The Kier molecular flexibility index (Phi) is 4.59. The Bertz CT molecular complexity index is 1090. The molecule has 0 N–H and O–H groups in total. The van der Waals surface area contributed by atoms with Crippen LogP contribution < -0.4 is 4.90 Å². The number of anilines is 1. The smallest absolute Gasteiger partial charge is 0.237 e. The van der Waals surface area contributed by atoms with Gasteiger partial charge in [0.05, 0.1) is 16.8 Å². The van der Waals surface area contributed by atoms with Crippen LogP contribution in [-0.4, -0.2) is 22.7 Å². The van der Waals surface area contributed by atoms with Crippen LogP contribution in [0.2, 0.25) is 0 Å². The van der Waals surface area contributed by atoms with Crippen molar-refractivity contribution in [3.05, 3.63) is 65.2 Å². The third-order valence-electron chi connectivity index (χ3n) is 4.86. The summed E-state index contributed by atoms with van der Waals surface area (Å²) in [6.07, 6.45) is 0.879. The molecule has 1 aliphatic rings. The summed E-state index contributed by atoms with van der Waals surface area (Å²) >= 11 is 1.34. The molecule has 3 aromatic rings. The van der Waals surface area contributed by atoms with Gasteiger partial charge < -0.3 is 4.90 Å². The molecule has 1 aromatic heterocycles. The average molecular weight is 373 g/mol. The van der Waals surface area contributed by atoms with Gasteiger partial charge in [0.1, 0.15) is 11.1 Å². The lowest BCUT2D eigenvalue weighted by molar-refractivity contribution is -0.116. The van der Waals surface area contributed by atoms with E-state index in [0.29, 0.717) is 10.6 Å². The Hall–Kier alpha value is -2.84. The van der Waals surface area contributed by atoms with Crippen LogP contribution in [0.25, 0.3) is 10.9 Å². The summed E-state index contributed by atoms with van der Waals surface area (Å²) in [5.41, 5.74) is 4.69. The number of carbonyl (C=O) groups is 1. The second-order valence-electron chi connectivity index (χ2n) is 6.88. The van der Waals surface area contributed by atoms with Gasteiger partial charge in [-0.15, -0.1) is 0 Å². The van der Waals surface area contributed by atoms with Crippen LogP contribution in [0.4, 0.5) is 5.69 Å². The highest BCUT2D eigenvalue weighted by Crippen LogP contribution is 2.33. The van der Waals surface area contributed by atoms with Crippen LogP contribution in [0.15, 0.2) is 53.6 Å². The van der Waals surface area contributed by atoms with E-state index in [2.05, 4.69) is 24.0 Å². The lowest BCUT2D eigenvalue weighted by atomic mass is 10.1. The summed E-state index contributed by atoms with van der Waals surface area (Å²) in [5.74, 6) is 0.310. The number of hydrogen-bond donors (Lipinski definition) is 0. The topological polar surface area (TPSA) is 57.0 Å². The number of aryl methyl sites for hydroxylation is 1. The number of fused-ring (bicyclic) bond motifs is 2. The number of amides is 1. The molecule has 134 valence electrons. The predicted octanol–water partition coefficient (Wildman–Crippen LogP) is 4.48. The zero-order valence-electron chi connectivity index (χ0n) is 15.3. The molecule has 4 nitrogen and oxygen atoms in total. The molecule has 1 atom stereocenters. The van der Waals surface area contributed by atoms with Crippen molar-refractivity contribution in [3.8, 4) is 6.07 Å². The van der Waals surface area contributed by atoms with Crippen LogP contribution >= 0.6 is 11.8 Å². The molecule has 0 saturated heterocycles. The molecule has 27 heavy (non-hydrogen) atoms. The first-order chi connectivity index (χ1) is 13.1. The quantitative estimate of drug-likeness (QED) is 0.635. The summed E-state index contributed by atoms with van der Waals surface area (Å²) in [7, 11) is 0. The summed E-state index contributed by atoms with van der Waals surface area (Å²) in [4.78, 5) is 19.4. The first-order valence-corrected chi connectivity index (χ1v) is 9.89. The highest BCUT2D eigenvalue weighted by atomic mass is 32.2. The van der Waals surface area contributed by atoms with E-state index < -0.39 is 0 Å². The van der Waals surface area contributed by atoms with Crippen molar-refractivity contribution in [3.63, 3.8) is 0 Å². The third kappa shape index (κ3) is 3.29. The van der Waals surface area contributed by atoms with Gasteiger partial charge in [0.2, 0.25) is 5.91 Å². The molecular formula is C22H19N3OS. The monoisotopic (exact) mass is 373 g/mol. The van der Waals surface area contributed by atoms with Gasteiger partial charge in [0, 0.05) is 17.1 Å². The molecule has 0 spiro atoms. The standard InChI is InChI=1S/C22H19N3OS/c1-14-7-8-19-17(9-14)11-18(12-23)22(24-19)27-13-21(26)25-15(2)10-16-5-3-4-6-20(16)25/h3-9,11,15H,10,13H2,1-2H3. The Morgan fingerprint density at radius 1 is 1.30 bits per heavy atom. The van der Waals surface area contributed by atoms with Gasteiger partial charge in [0.25, 0.3) is 0 Å². The molecular weight excluding hydrogens is 354 g/mol. The van der Waals surface area contributed by atoms with E-state index in [1.165, 1.54) is 17.3 Å². The van der Waals surface area contributed by atoms with Gasteiger partial charge in [0.15, 0.2) is 0 Å². The maximum Gasteiger partial charge on any atom is 0.237 e. The van der Waals surface area contributed by atoms with Crippen molar-refractivity contribution in [2.75, 3.05) is 10.7 Å². The average Bonchev–Trinajstić information content (AvgIpc) is 3.01. The number of nitrogens with zero attached hydrogens (tertiary/aromatic N) is 3. The summed E-state index contributed by atoms with van der Waals surface area (Å²) in [5, 5.41) is 11.1. The Labute approximate surface area is 162 Å². The fourth-order valence-corrected chi connectivity index (χ4v) is 4.44. The van der Waals surface area contributed by atoms with Crippen molar-refractivity contribution in [1.82, 2.24) is 4.98 Å². The van der Waals surface area contributed by atoms with Crippen molar-refractivity contribution >= 4 is 34.3 Å². The number of aromatic nitrogens is 1. The highest BCUT2D eigenvalue weighted by Gasteiger charge is 2.30. The fraction of sp³-hybridized carbons (Fsp3) is 0.227. The number of carbonyl (C=O) groups excluding carboxylic acids is 1. The van der Waals surface area contributed by atoms with Crippen molar-refractivity contribution in [2.24, 2.45) is 0 Å². The van der Waals surface area contributed by atoms with Crippen LogP contribution in [0.1, 0.15) is 23.6 Å². The predicted molar refractivity (Wildman–Crippen MR) is 109 cm³/mol. The van der Waals surface area contributed by atoms with Crippen LogP contribution in [0, 0.1) is 18.3 Å². The van der Waals surface area contributed by atoms with Gasteiger partial charge in [-0.2, -0.15) is 5.26 Å². The van der Waals surface area contributed by atoms with E-state index in [1.54, 1.807) is 0 Å². The molecule has 2 heterocycles. The van der Waals surface area contributed by atoms with E-state index in [0.717, 1.165) is 28.6 Å². The van der Waals surface area contributed by atoms with Crippen molar-refractivity contribution < 1.29 is 4.79 Å². The van der Waals surface area contributed by atoms with Gasteiger partial charge in [-0.25, -0.2) is 4.98 Å². The van der Waals surface area contributed by atoms with Gasteiger partial charge in [-0.3, -0.25) is 4.79 Å². The number of rotatable bonds is 3. The van der Waals surface area contributed by atoms with Gasteiger partial charge in [-0.1, -0.05) is 41.6 Å². The van der Waals surface area contributed by atoms with Crippen molar-refractivity contribution in [2.45, 2.75) is 31.3 Å². The SMILES string of the molecule is Cc1ccc2nc(SCC(=O)N3c4ccccc4CC3C)c(C#N)cc2c1. The molecule has 0 aliphatic carbocycles. The molecule has 5 heteroatoms. The molecule has 1 amide bonds. The fourth-order valence-electron chi connectivity index (χ4n) is 3.61. The summed E-state index contributed by atoms with van der Waals surface area (Å²) in [6, 6.07) is 18.2. The number of para-hydroxylation sites is 1. The third-order valence-corrected chi connectivity index (χ3v) is 5.84. The largest absolute Gasteiger partial charge is 0.308 e. The number of hydrogen-bond acceptors (Lipinski definition) is 4. The lowest BCUT2D eigenvalue weighted by Crippen LogP contribution is -2.37. The molecule has 2 aromatic carbocycles. The first kappa shape index (κ1) is 17.6. The molecule has 0 bridgehead atoms. The lowest BCUT2D eigenvalue weighted by Gasteiger charge is -2.22. The normalized spacial score (nSPS) is 15.6.